The quantitative estimate of drug-likeness (QED) is 0.479. The Labute approximate surface area is 137 Å². The normalized spacial score (nSPS) is 24.4. The lowest BCUT2D eigenvalue weighted by molar-refractivity contribution is 0.156. The van der Waals surface area contributed by atoms with Gasteiger partial charge in [0.1, 0.15) is 5.82 Å². The first-order valence-corrected chi connectivity index (χ1v) is 8.42. The van der Waals surface area contributed by atoms with Gasteiger partial charge >= 0.3 is 0 Å². The van der Waals surface area contributed by atoms with Crippen LogP contribution in [0.5, 0.6) is 0 Å². The third-order valence-electron chi connectivity index (χ3n) is 4.50. The van der Waals surface area contributed by atoms with E-state index in [0.29, 0.717) is 12.0 Å². The molecule has 2 aliphatic rings. The molecule has 0 saturated carbocycles. The first-order chi connectivity index (χ1) is 11.3. The van der Waals surface area contributed by atoms with Gasteiger partial charge in [0.25, 0.3) is 0 Å². The molecule has 1 spiro atoms. The van der Waals surface area contributed by atoms with Crippen molar-refractivity contribution in [2.45, 2.75) is 19.8 Å². The van der Waals surface area contributed by atoms with Crippen LogP contribution in [0.15, 0.2) is 23.6 Å². The Morgan fingerprint density at radius 1 is 1.43 bits per heavy atom. The molecule has 2 saturated heterocycles. The highest BCUT2D eigenvalue weighted by Gasteiger charge is 2.42. The van der Waals surface area contributed by atoms with Crippen molar-refractivity contribution >= 4 is 11.8 Å². The summed E-state index contributed by atoms with van der Waals surface area (Å²) in [6.45, 7) is 8.37. The Balaban J connectivity index is 1.51. The van der Waals surface area contributed by atoms with Crippen molar-refractivity contribution in [3.05, 3.63) is 18.6 Å². The van der Waals surface area contributed by atoms with Crippen LogP contribution in [-0.2, 0) is 4.74 Å². The fourth-order valence-corrected chi connectivity index (χ4v) is 3.25. The van der Waals surface area contributed by atoms with E-state index < -0.39 is 0 Å². The highest BCUT2D eigenvalue weighted by Crippen LogP contribution is 2.38. The summed E-state index contributed by atoms with van der Waals surface area (Å²) in [4.78, 5) is 15.4. The summed E-state index contributed by atoms with van der Waals surface area (Å²) in [6.07, 6.45) is 7.46. The number of aromatic nitrogens is 2. The zero-order valence-electron chi connectivity index (χ0n) is 13.8. The third-order valence-corrected chi connectivity index (χ3v) is 4.50. The Morgan fingerprint density at radius 3 is 3.13 bits per heavy atom. The minimum absolute atomic E-state index is 0.355. The van der Waals surface area contributed by atoms with Crippen LogP contribution >= 0.6 is 0 Å². The van der Waals surface area contributed by atoms with E-state index in [2.05, 4.69) is 32.4 Å². The molecule has 1 unspecified atom stereocenters. The molecule has 3 heterocycles. The molecule has 2 aliphatic heterocycles. The van der Waals surface area contributed by atoms with Gasteiger partial charge in [0.05, 0.1) is 19.3 Å². The van der Waals surface area contributed by atoms with E-state index in [1.54, 1.807) is 18.6 Å². The Kier molecular flexibility index (Phi) is 5.27. The molecule has 0 amide bonds. The van der Waals surface area contributed by atoms with Gasteiger partial charge in [-0.25, -0.2) is 4.98 Å². The number of rotatable bonds is 5. The molecule has 0 bridgehead atoms. The van der Waals surface area contributed by atoms with Gasteiger partial charge in [-0.05, 0) is 19.8 Å². The molecule has 1 aromatic rings. The Bertz CT molecular complexity index is 515. The van der Waals surface area contributed by atoms with E-state index in [4.69, 9.17) is 9.73 Å². The van der Waals surface area contributed by atoms with Crippen molar-refractivity contribution in [2.24, 2.45) is 10.4 Å². The van der Waals surface area contributed by atoms with E-state index in [1.165, 1.54) is 12.8 Å². The standard InChI is InChI=1S/C16H26N6O/c1-2-18-15(21-8-7-20-14-11-17-5-6-19-14)22-9-3-16(12-22)4-10-23-13-16/h5-6,11H,2-4,7-10,12-13H2,1H3,(H,18,21)(H,19,20). The molecular weight excluding hydrogens is 292 g/mol. The van der Waals surface area contributed by atoms with Gasteiger partial charge in [-0.15, -0.1) is 0 Å². The van der Waals surface area contributed by atoms with Gasteiger partial charge in [-0.2, -0.15) is 0 Å². The zero-order chi connectivity index (χ0) is 16.0. The van der Waals surface area contributed by atoms with Crippen LogP contribution in [0.2, 0.25) is 0 Å². The number of aliphatic imine (C=N–C) groups is 1. The number of hydrogen-bond acceptors (Lipinski definition) is 5. The number of guanidine groups is 1. The van der Waals surface area contributed by atoms with Crippen LogP contribution in [-0.4, -0.2) is 66.8 Å². The van der Waals surface area contributed by atoms with Gasteiger partial charge in [0.2, 0.25) is 0 Å². The smallest absolute Gasteiger partial charge is 0.193 e. The summed E-state index contributed by atoms with van der Waals surface area (Å²) >= 11 is 0. The van der Waals surface area contributed by atoms with Crippen molar-refractivity contribution in [3.8, 4) is 0 Å². The molecule has 1 aromatic heterocycles. The number of nitrogens with zero attached hydrogens (tertiary/aromatic N) is 4. The molecule has 126 valence electrons. The fourth-order valence-electron chi connectivity index (χ4n) is 3.25. The number of ether oxygens (including phenoxy) is 1. The first kappa shape index (κ1) is 16.0. The van der Waals surface area contributed by atoms with Gasteiger partial charge in [-0.3, -0.25) is 9.98 Å². The summed E-state index contributed by atoms with van der Waals surface area (Å²) in [5.41, 5.74) is 0.355. The second-order valence-corrected chi connectivity index (χ2v) is 6.23. The zero-order valence-corrected chi connectivity index (χ0v) is 13.8. The Hall–Kier alpha value is -1.89. The summed E-state index contributed by atoms with van der Waals surface area (Å²) < 4.78 is 5.61. The van der Waals surface area contributed by atoms with Crippen molar-refractivity contribution in [3.63, 3.8) is 0 Å². The number of nitrogens with one attached hydrogen (secondary N) is 2. The van der Waals surface area contributed by atoms with Crippen LogP contribution in [0, 0.1) is 5.41 Å². The lowest BCUT2D eigenvalue weighted by Crippen LogP contribution is -2.41. The van der Waals surface area contributed by atoms with Crippen LogP contribution in [0.3, 0.4) is 0 Å². The maximum atomic E-state index is 5.61. The van der Waals surface area contributed by atoms with Gasteiger partial charge in [0.15, 0.2) is 5.96 Å². The second kappa shape index (κ2) is 7.59. The Morgan fingerprint density at radius 2 is 2.39 bits per heavy atom. The summed E-state index contributed by atoms with van der Waals surface area (Å²) in [7, 11) is 0. The van der Waals surface area contributed by atoms with Crippen molar-refractivity contribution in [1.82, 2.24) is 20.2 Å². The summed E-state index contributed by atoms with van der Waals surface area (Å²) in [5.74, 6) is 1.80. The molecule has 3 rings (SSSR count). The monoisotopic (exact) mass is 318 g/mol. The molecular formula is C16H26N6O. The highest BCUT2D eigenvalue weighted by atomic mass is 16.5. The highest BCUT2D eigenvalue weighted by molar-refractivity contribution is 5.80. The van der Waals surface area contributed by atoms with E-state index in [-0.39, 0.29) is 0 Å². The molecule has 1 atom stereocenters. The summed E-state index contributed by atoms with van der Waals surface area (Å²) in [6, 6.07) is 0. The maximum absolute atomic E-state index is 5.61. The maximum Gasteiger partial charge on any atom is 0.193 e. The van der Waals surface area contributed by atoms with Crippen LogP contribution < -0.4 is 10.6 Å². The first-order valence-electron chi connectivity index (χ1n) is 8.42. The molecule has 2 fully saturated rings. The van der Waals surface area contributed by atoms with E-state index in [1.807, 2.05) is 0 Å². The van der Waals surface area contributed by atoms with E-state index >= 15 is 0 Å². The van der Waals surface area contributed by atoms with Crippen molar-refractivity contribution < 1.29 is 4.74 Å². The fraction of sp³-hybridized carbons (Fsp3) is 0.688. The predicted molar refractivity (Wildman–Crippen MR) is 90.6 cm³/mol. The largest absolute Gasteiger partial charge is 0.381 e. The van der Waals surface area contributed by atoms with Crippen LogP contribution in [0.1, 0.15) is 19.8 Å². The third kappa shape index (κ3) is 4.10. The molecule has 0 aromatic carbocycles. The average molecular weight is 318 g/mol. The number of likely N-dealkylation sites (tertiary alicyclic amines) is 1. The van der Waals surface area contributed by atoms with E-state index in [9.17, 15) is 0 Å². The lowest BCUT2D eigenvalue weighted by atomic mass is 9.87. The number of anilines is 1. The molecule has 0 aliphatic carbocycles. The molecule has 23 heavy (non-hydrogen) atoms. The minimum atomic E-state index is 0.355. The van der Waals surface area contributed by atoms with Gasteiger partial charge in [0, 0.05) is 50.6 Å². The van der Waals surface area contributed by atoms with Crippen LogP contribution in [0.25, 0.3) is 0 Å². The molecule has 7 heteroatoms. The van der Waals surface area contributed by atoms with E-state index in [0.717, 1.165) is 51.2 Å². The SMILES string of the molecule is CCNC(=NCCNc1cnccn1)N1CCC2(CCOC2)C1. The number of hydrogen-bond donors (Lipinski definition) is 2. The molecule has 0 radical (unpaired) electrons. The molecule has 2 N–H and O–H groups in total. The van der Waals surface area contributed by atoms with Gasteiger partial charge < -0.3 is 20.3 Å². The lowest BCUT2D eigenvalue weighted by Gasteiger charge is -2.25. The van der Waals surface area contributed by atoms with Crippen molar-refractivity contribution in [2.75, 3.05) is 51.3 Å². The topological polar surface area (TPSA) is 74.7 Å². The predicted octanol–water partition coefficient (Wildman–Crippen LogP) is 0.966. The second-order valence-electron chi connectivity index (χ2n) is 6.23. The van der Waals surface area contributed by atoms with Crippen LogP contribution in [0.4, 0.5) is 5.82 Å². The average Bonchev–Trinajstić information content (AvgIpc) is 3.22. The van der Waals surface area contributed by atoms with Crippen molar-refractivity contribution in [1.29, 1.82) is 0 Å². The molecule has 7 nitrogen and oxygen atoms in total. The summed E-state index contributed by atoms with van der Waals surface area (Å²) in [5, 5.41) is 6.64. The minimum Gasteiger partial charge on any atom is -0.381 e. The van der Waals surface area contributed by atoms with Gasteiger partial charge in [-0.1, -0.05) is 0 Å².